The maximum Gasteiger partial charge on any atom is 0.237 e. The van der Waals surface area contributed by atoms with Crippen LogP contribution in [0.2, 0.25) is 0 Å². The van der Waals surface area contributed by atoms with E-state index in [2.05, 4.69) is 23.2 Å². The standard InChI is InChI=1S/C17H27N3O3S/c1-12(8-13-4-5-15-16(9-13)23-11-22-15)20(2)10-19-17(21)14(18)6-7-24-3/h4-5,9,12,14H,6-8,10-11,18H2,1-3H3,(H,19,21). The van der Waals surface area contributed by atoms with Gasteiger partial charge < -0.3 is 20.5 Å². The first-order valence-corrected chi connectivity index (χ1v) is 9.51. The van der Waals surface area contributed by atoms with Crippen molar-refractivity contribution in [2.24, 2.45) is 5.73 Å². The van der Waals surface area contributed by atoms with Crippen LogP contribution in [-0.2, 0) is 11.2 Å². The van der Waals surface area contributed by atoms with E-state index in [0.29, 0.717) is 13.1 Å². The molecule has 0 spiro atoms. The van der Waals surface area contributed by atoms with Crippen molar-refractivity contribution in [2.45, 2.75) is 31.8 Å². The molecule has 2 atom stereocenters. The summed E-state index contributed by atoms with van der Waals surface area (Å²) in [6.45, 7) is 2.90. The van der Waals surface area contributed by atoms with E-state index in [4.69, 9.17) is 15.2 Å². The molecule has 0 fully saturated rings. The smallest absolute Gasteiger partial charge is 0.237 e. The van der Waals surface area contributed by atoms with Crippen LogP contribution < -0.4 is 20.5 Å². The average molecular weight is 353 g/mol. The third kappa shape index (κ3) is 5.29. The number of rotatable bonds is 9. The highest BCUT2D eigenvalue weighted by Crippen LogP contribution is 2.32. The molecular weight excluding hydrogens is 326 g/mol. The summed E-state index contributed by atoms with van der Waals surface area (Å²) >= 11 is 1.70. The summed E-state index contributed by atoms with van der Waals surface area (Å²) < 4.78 is 10.7. The molecule has 0 aliphatic carbocycles. The zero-order valence-corrected chi connectivity index (χ0v) is 15.4. The number of hydrogen-bond acceptors (Lipinski definition) is 6. The number of nitrogens with two attached hydrogens (primary N) is 1. The molecule has 0 bridgehead atoms. The molecule has 7 heteroatoms. The summed E-state index contributed by atoms with van der Waals surface area (Å²) in [6.07, 6.45) is 3.57. The van der Waals surface area contributed by atoms with Crippen LogP contribution in [0.1, 0.15) is 18.9 Å². The number of nitrogens with one attached hydrogen (secondary N) is 1. The number of nitrogens with zero attached hydrogens (tertiary/aromatic N) is 1. The summed E-state index contributed by atoms with van der Waals surface area (Å²) in [7, 11) is 1.99. The van der Waals surface area contributed by atoms with Crippen LogP contribution in [-0.4, -0.2) is 55.4 Å². The van der Waals surface area contributed by atoms with Gasteiger partial charge in [0.05, 0.1) is 12.7 Å². The second-order valence-electron chi connectivity index (χ2n) is 6.08. The van der Waals surface area contributed by atoms with Crippen LogP contribution in [0.4, 0.5) is 0 Å². The summed E-state index contributed by atoms with van der Waals surface area (Å²) in [5.74, 6) is 2.40. The molecule has 24 heavy (non-hydrogen) atoms. The number of carbonyl (C=O) groups excluding carboxylic acids is 1. The minimum absolute atomic E-state index is 0.0915. The number of carbonyl (C=O) groups is 1. The third-order valence-corrected chi connectivity index (χ3v) is 4.84. The number of ether oxygens (including phenoxy) is 2. The molecule has 0 aromatic heterocycles. The second kappa shape index (κ2) is 9.15. The first-order chi connectivity index (χ1) is 11.5. The third-order valence-electron chi connectivity index (χ3n) is 4.19. The lowest BCUT2D eigenvalue weighted by Gasteiger charge is -2.25. The highest BCUT2D eigenvalue weighted by Gasteiger charge is 2.17. The van der Waals surface area contributed by atoms with Gasteiger partial charge >= 0.3 is 0 Å². The summed E-state index contributed by atoms with van der Waals surface area (Å²) in [5.41, 5.74) is 7.05. The highest BCUT2D eigenvalue weighted by atomic mass is 32.2. The molecule has 1 aromatic rings. The lowest BCUT2D eigenvalue weighted by molar-refractivity contribution is -0.123. The van der Waals surface area contributed by atoms with Crippen molar-refractivity contribution < 1.29 is 14.3 Å². The topological polar surface area (TPSA) is 76.8 Å². The fourth-order valence-electron chi connectivity index (χ4n) is 2.43. The molecular formula is C17H27N3O3S. The SMILES string of the molecule is CSCCC(N)C(=O)NCN(C)C(C)Cc1ccc2c(c1)OCO2. The van der Waals surface area contributed by atoms with Crippen LogP contribution in [0.3, 0.4) is 0 Å². The molecule has 1 heterocycles. The number of fused-ring (bicyclic) bond motifs is 1. The van der Waals surface area contributed by atoms with Crippen LogP contribution in [0.25, 0.3) is 0 Å². The van der Waals surface area contributed by atoms with Gasteiger partial charge in [0, 0.05) is 6.04 Å². The zero-order valence-electron chi connectivity index (χ0n) is 14.6. The number of amides is 1. The van der Waals surface area contributed by atoms with Gasteiger partial charge in [-0.1, -0.05) is 6.07 Å². The van der Waals surface area contributed by atoms with Crippen molar-refractivity contribution >= 4 is 17.7 Å². The Morgan fingerprint density at radius 2 is 2.17 bits per heavy atom. The van der Waals surface area contributed by atoms with Crippen molar-refractivity contribution in [3.8, 4) is 11.5 Å². The Balaban J connectivity index is 1.77. The molecule has 0 radical (unpaired) electrons. The van der Waals surface area contributed by atoms with Gasteiger partial charge in [-0.25, -0.2) is 0 Å². The normalized spacial score (nSPS) is 15.4. The lowest BCUT2D eigenvalue weighted by atomic mass is 10.1. The minimum atomic E-state index is -0.435. The molecule has 2 unspecified atom stereocenters. The van der Waals surface area contributed by atoms with Crippen molar-refractivity contribution in [3.63, 3.8) is 0 Å². The van der Waals surface area contributed by atoms with Gasteiger partial charge in [-0.15, -0.1) is 0 Å². The average Bonchev–Trinajstić information content (AvgIpc) is 3.04. The molecule has 3 N–H and O–H groups in total. The molecule has 1 aromatic carbocycles. The van der Waals surface area contributed by atoms with Gasteiger partial charge in [0.25, 0.3) is 0 Å². The Morgan fingerprint density at radius 3 is 2.92 bits per heavy atom. The quantitative estimate of drug-likeness (QED) is 0.654. The molecule has 134 valence electrons. The van der Waals surface area contributed by atoms with E-state index in [9.17, 15) is 4.79 Å². The first-order valence-electron chi connectivity index (χ1n) is 8.12. The Bertz CT molecular complexity index is 556. The van der Waals surface area contributed by atoms with E-state index in [-0.39, 0.29) is 18.7 Å². The molecule has 1 aliphatic heterocycles. The van der Waals surface area contributed by atoms with Crippen molar-refractivity contribution in [2.75, 3.05) is 32.5 Å². The van der Waals surface area contributed by atoms with Crippen molar-refractivity contribution in [3.05, 3.63) is 23.8 Å². The fraction of sp³-hybridized carbons (Fsp3) is 0.588. The predicted octanol–water partition coefficient (Wildman–Crippen LogP) is 1.43. The second-order valence-corrected chi connectivity index (χ2v) is 7.07. The van der Waals surface area contributed by atoms with E-state index < -0.39 is 6.04 Å². The van der Waals surface area contributed by atoms with Crippen LogP contribution in [0.15, 0.2) is 18.2 Å². The molecule has 0 saturated heterocycles. The maximum atomic E-state index is 12.0. The molecule has 6 nitrogen and oxygen atoms in total. The maximum absolute atomic E-state index is 12.0. The summed E-state index contributed by atoms with van der Waals surface area (Å²) in [4.78, 5) is 14.1. The van der Waals surface area contributed by atoms with E-state index in [1.807, 2.05) is 25.4 Å². The van der Waals surface area contributed by atoms with Gasteiger partial charge in [-0.2, -0.15) is 11.8 Å². The summed E-state index contributed by atoms with van der Waals surface area (Å²) in [6, 6.07) is 5.85. The van der Waals surface area contributed by atoms with Crippen LogP contribution >= 0.6 is 11.8 Å². The Morgan fingerprint density at radius 1 is 1.42 bits per heavy atom. The Hall–Kier alpha value is -1.44. The summed E-state index contributed by atoms with van der Waals surface area (Å²) in [5, 5.41) is 2.91. The van der Waals surface area contributed by atoms with Crippen LogP contribution in [0.5, 0.6) is 11.5 Å². The number of hydrogen-bond donors (Lipinski definition) is 2. The van der Waals surface area contributed by atoms with Crippen LogP contribution in [0, 0.1) is 0 Å². The molecule has 0 saturated carbocycles. The Labute approximate surface area is 148 Å². The molecule has 2 rings (SSSR count). The van der Waals surface area contributed by atoms with Gasteiger partial charge in [0.1, 0.15) is 0 Å². The van der Waals surface area contributed by atoms with Crippen molar-refractivity contribution in [1.29, 1.82) is 0 Å². The monoisotopic (exact) mass is 353 g/mol. The highest BCUT2D eigenvalue weighted by molar-refractivity contribution is 7.98. The lowest BCUT2D eigenvalue weighted by Crippen LogP contribution is -2.47. The first kappa shape index (κ1) is 18.9. The number of thioether (sulfide) groups is 1. The molecule has 1 aliphatic rings. The van der Waals surface area contributed by atoms with E-state index >= 15 is 0 Å². The van der Waals surface area contributed by atoms with Gasteiger partial charge in [-0.05, 0) is 56.5 Å². The fourth-order valence-corrected chi connectivity index (χ4v) is 2.92. The van der Waals surface area contributed by atoms with Gasteiger partial charge in [0.2, 0.25) is 12.7 Å². The minimum Gasteiger partial charge on any atom is -0.454 e. The van der Waals surface area contributed by atoms with E-state index in [1.54, 1.807) is 11.8 Å². The van der Waals surface area contributed by atoms with Crippen molar-refractivity contribution in [1.82, 2.24) is 10.2 Å². The van der Waals surface area contributed by atoms with E-state index in [1.165, 1.54) is 5.56 Å². The largest absolute Gasteiger partial charge is 0.454 e. The van der Waals surface area contributed by atoms with Gasteiger partial charge in [-0.3, -0.25) is 9.69 Å². The molecule has 1 amide bonds. The van der Waals surface area contributed by atoms with E-state index in [0.717, 1.165) is 23.7 Å². The predicted molar refractivity (Wildman–Crippen MR) is 97.5 cm³/mol. The Kier molecular flexibility index (Phi) is 7.20. The number of likely N-dealkylation sites (N-methyl/N-ethyl adjacent to an activating group) is 1. The number of benzene rings is 1. The van der Waals surface area contributed by atoms with Gasteiger partial charge in [0.15, 0.2) is 11.5 Å². The zero-order chi connectivity index (χ0) is 17.5.